The maximum absolute atomic E-state index is 11.5. The number of hydrogen-bond donors (Lipinski definition) is 2. The summed E-state index contributed by atoms with van der Waals surface area (Å²) in [5, 5.41) is 6.06. The van der Waals surface area contributed by atoms with E-state index in [1.165, 1.54) is 5.56 Å². The number of rotatable bonds is 7. The van der Waals surface area contributed by atoms with Crippen LogP contribution in [0.15, 0.2) is 18.2 Å². The summed E-state index contributed by atoms with van der Waals surface area (Å²) in [4.78, 5) is 11.5. The third kappa shape index (κ3) is 5.21. The summed E-state index contributed by atoms with van der Waals surface area (Å²) >= 11 is 0. The van der Waals surface area contributed by atoms with Gasteiger partial charge in [0.05, 0.1) is 13.0 Å². The maximum atomic E-state index is 11.5. The van der Waals surface area contributed by atoms with Crippen LogP contribution in [0, 0.1) is 6.92 Å². The normalized spacial score (nSPS) is 12.3. The van der Waals surface area contributed by atoms with E-state index in [4.69, 9.17) is 4.74 Å². The highest BCUT2D eigenvalue weighted by Crippen LogP contribution is 2.22. The minimum absolute atomic E-state index is 0.0260. The lowest BCUT2D eigenvalue weighted by molar-refractivity contribution is -0.122. The van der Waals surface area contributed by atoms with Crippen molar-refractivity contribution in [1.82, 2.24) is 10.6 Å². The van der Waals surface area contributed by atoms with Crippen molar-refractivity contribution in [3.05, 3.63) is 29.3 Å². The predicted octanol–water partition coefficient (Wildman–Crippen LogP) is 2.57. The second-order valence-corrected chi connectivity index (χ2v) is 5.36. The molecule has 4 heteroatoms. The summed E-state index contributed by atoms with van der Waals surface area (Å²) in [5.74, 6) is 0.868. The van der Waals surface area contributed by atoms with Crippen LogP contribution in [0.25, 0.3) is 0 Å². The predicted molar refractivity (Wildman–Crippen MR) is 82.0 cm³/mol. The Morgan fingerprint density at radius 1 is 1.30 bits per heavy atom. The van der Waals surface area contributed by atoms with Gasteiger partial charge in [0.2, 0.25) is 5.91 Å². The third-order valence-corrected chi connectivity index (χ3v) is 3.17. The molecule has 0 aliphatic carbocycles. The molecular formula is C16H26N2O2. The van der Waals surface area contributed by atoms with E-state index in [2.05, 4.69) is 29.7 Å². The first-order valence-electron chi connectivity index (χ1n) is 7.14. The average molecular weight is 278 g/mol. The van der Waals surface area contributed by atoms with E-state index in [1.807, 2.05) is 33.9 Å². The minimum atomic E-state index is 0.0260. The summed E-state index contributed by atoms with van der Waals surface area (Å²) in [7, 11) is 1.94. The number of aryl methyl sites for hydroxylation is 1. The Hall–Kier alpha value is -1.55. The molecule has 0 radical (unpaired) electrons. The summed E-state index contributed by atoms with van der Waals surface area (Å²) in [5.41, 5.74) is 2.32. The molecule has 1 atom stereocenters. The molecule has 4 nitrogen and oxygen atoms in total. The summed E-state index contributed by atoms with van der Waals surface area (Å²) in [6.07, 6.45) is 0.381. The molecule has 0 aromatic heterocycles. The number of nitrogens with one attached hydrogen (secondary N) is 2. The fraction of sp³-hybridized carbons (Fsp3) is 0.562. The van der Waals surface area contributed by atoms with Gasteiger partial charge in [-0.2, -0.15) is 0 Å². The molecule has 0 aliphatic heterocycles. The molecule has 0 fully saturated rings. The molecule has 1 aromatic carbocycles. The lowest BCUT2D eigenvalue weighted by Gasteiger charge is -2.14. The number of ether oxygens (including phenoxy) is 1. The Balaban J connectivity index is 2.51. The van der Waals surface area contributed by atoms with Crippen LogP contribution < -0.4 is 15.4 Å². The zero-order valence-electron chi connectivity index (χ0n) is 13.1. The average Bonchev–Trinajstić information content (AvgIpc) is 2.38. The zero-order chi connectivity index (χ0) is 15.1. The topological polar surface area (TPSA) is 50.4 Å². The quantitative estimate of drug-likeness (QED) is 0.806. The van der Waals surface area contributed by atoms with Crippen LogP contribution in [-0.2, 0) is 4.79 Å². The van der Waals surface area contributed by atoms with Crippen molar-refractivity contribution in [2.75, 3.05) is 13.7 Å². The van der Waals surface area contributed by atoms with Gasteiger partial charge in [-0.15, -0.1) is 0 Å². The second kappa shape index (κ2) is 7.90. The molecule has 0 aliphatic rings. The van der Waals surface area contributed by atoms with Gasteiger partial charge in [-0.3, -0.25) is 4.79 Å². The molecule has 20 heavy (non-hydrogen) atoms. The molecule has 0 spiro atoms. The Morgan fingerprint density at radius 2 is 2.00 bits per heavy atom. The number of amides is 1. The Kier molecular flexibility index (Phi) is 6.52. The lowest BCUT2D eigenvalue weighted by atomic mass is 10.1. The van der Waals surface area contributed by atoms with Crippen LogP contribution >= 0.6 is 0 Å². The molecule has 0 bridgehead atoms. The first-order chi connectivity index (χ1) is 9.43. The number of hydrogen-bond acceptors (Lipinski definition) is 3. The van der Waals surface area contributed by atoms with Gasteiger partial charge in [-0.05, 0) is 51.9 Å². The van der Waals surface area contributed by atoms with E-state index in [-0.39, 0.29) is 11.9 Å². The van der Waals surface area contributed by atoms with E-state index >= 15 is 0 Å². The summed E-state index contributed by atoms with van der Waals surface area (Å²) in [6.45, 7) is 8.44. The molecule has 0 saturated carbocycles. The van der Waals surface area contributed by atoms with E-state index in [9.17, 15) is 4.79 Å². The molecule has 0 heterocycles. The van der Waals surface area contributed by atoms with Crippen molar-refractivity contribution in [3.8, 4) is 5.75 Å². The Morgan fingerprint density at radius 3 is 2.55 bits per heavy atom. The number of benzene rings is 1. The number of carbonyl (C=O) groups is 1. The van der Waals surface area contributed by atoms with Crippen LogP contribution in [0.1, 0.15) is 44.4 Å². The van der Waals surface area contributed by atoms with Crippen molar-refractivity contribution in [2.45, 2.75) is 46.2 Å². The van der Waals surface area contributed by atoms with Crippen molar-refractivity contribution in [1.29, 1.82) is 0 Å². The van der Waals surface area contributed by atoms with Crippen molar-refractivity contribution in [2.24, 2.45) is 0 Å². The maximum Gasteiger partial charge on any atom is 0.223 e. The van der Waals surface area contributed by atoms with Crippen molar-refractivity contribution >= 4 is 5.91 Å². The van der Waals surface area contributed by atoms with Crippen LogP contribution in [0.2, 0.25) is 0 Å². The first-order valence-corrected chi connectivity index (χ1v) is 7.14. The lowest BCUT2D eigenvalue weighted by Crippen LogP contribution is -2.31. The molecule has 112 valence electrons. The molecule has 1 aromatic rings. The largest absolute Gasteiger partial charge is 0.493 e. The van der Waals surface area contributed by atoms with E-state index in [0.29, 0.717) is 19.1 Å². The number of carbonyl (C=O) groups excluding carboxylic acids is 1. The molecule has 1 rings (SSSR count). The van der Waals surface area contributed by atoms with Crippen molar-refractivity contribution < 1.29 is 9.53 Å². The summed E-state index contributed by atoms with van der Waals surface area (Å²) < 4.78 is 5.68. The highest BCUT2D eigenvalue weighted by molar-refractivity contribution is 5.76. The first kappa shape index (κ1) is 16.5. The van der Waals surface area contributed by atoms with Gasteiger partial charge in [-0.1, -0.05) is 12.1 Å². The van der Waals surface area contributed by atoms with Gasteiger partial charge < -0.3 is 15.4 Å². The highest BCUT2D eigenvalue weighted by Gasteiger charge is 2.07. The van der Waals surface area contributed by atoms with Gasteiger partial charge in [0.25, 0.3) is 0 Å². The molecule has 1 unspecified atom stereocenters. The van der Waals surface area contributed by atoms with E-state index in [1.54, 1.807) is 0 Å². The third-order valence-electron chi connectivity index (χ3n) is 3.17. The Bertz CT molecular complexity index is 444. The highest BCUT2D eigenvalue weighted by atomic mass is 16.5. The SMILES string of the molecule is CNC(C)c1ccc(OCCC(=O)NC(C)C)c(C)c1. The Labute approximate surface area is 121 Å². The van der Waals surface area contributed by atoms with Crippen molar-refractivity contribution in [3.63, 3.8) is 0 Å². The molecule has 2 N–H and O–H groups in total. The van der Waals surface area contributed by atoms with Crippen LogP contribution in [0.4, 0.5) is 0 Å². The van der Waals surface area contributed by atoms with Gasteiger partial charge in [0.1, 0.15) is 5.75 Å². The molecule has 1 amide bonds. The van der Waals surface area contributed by atoms with E-state index in [0.717, 1.165) is 11.3 Å². The van der Waals surface area contributed by atoms with Gasteiger partial charge in [-0.25, -0.2) is 0 Å². The zero-order valence-corrected chi connectivity index (χ0v) is 13.1. The van der Waals surface area contributed by atoms with E-state index < -0.39 is 0 Å². The monoisotopic (exact) mass is 278 g/mol. The van der Waals surface area contributed by atoms with Gasteiger partial charge in [0.15, 0.2) is 0 Å². The minimum Gasteiger partial charge on any atom is -0.493 e. The van der Waals surface area contributed by atoms with Gasteiger partial charge in [0, 0.05) is 12.1 Å². The molecule has 0 saturated heterocycles. The van der Waals surface area contributed by atoms with Crippen LogP contribution in [-0.4, -0.2) is 25.6 Å². The molecular weight excluding hydrogens is 252 g/mol. The van der Waals surface area contributed by atoms with Crippen LogP contribution in [0.5, 0.6) is 5.75 Å². The fourth-order valence-electron chi connectivity index (χ4n) is 1.92. The van der Waals surface area contributed by atoms with Gasteiger partial charge >= 0.3 is 0 Å². The summed E-state index contributed by atoms with van der Waals surface area (Å²) in [6, 6.07) is 6.63. The van der Waals surface area contributed by atoms with Crippen LogP contribution in [0.3, 0.4) is 0 Å². The standard InChI is InChI=1S/C16H26N2O2/c1-11(2)18-16(19)8-9-20-15-7-6-14(10-12(15)3)13(4)17-5/h6-7,10-11,13,17H,8-9H2,1-5H3,(H,18,19). The smallest absolute Gasteiger partial charge is 0.223 e. The second-order valence-electron chi connectivity index (χ2n) is 5.36. The fourth-order valence-corrected chi connectivity index (χ4v) is 1.92.